The molecule has 0 saturated heterocycles. The lowest BCUT2D eigenvalue weighted by Crippen LogP contribution is -2.16. The molecule has 0 atom stereocenters. The summed E-state index contributed by atoms with van der Waals surface area (Å²) < 4.78 is 1.26. The first-order valence-electron chi connectivity index (χ1n) is 16.1. The van der Waals surface area contributed by atoms with Crippen LogP contribution in [-0.4, -0.2) is 4.98 Å². The minimum atomic E-state index is -0.141. The van der Waals surface area contributed by atoms with Gasteiger partial charge < -0.3 is 4.90 Å². The maximum atomic E-state index is 5.03. The van der Waals surface area contributed by atoms with Crippen molar-refractivity contribution >= 4 is 49.4 Å². The molecule has 0 bridgehead atoms. The zero-order valence-corrected chi connectivity index (χ0v) is 27.1. The van der Waals surface area contributed by atoms with E-state index in [-0.39, 0.29) is 5.41 Å². The normalized spacial score (nSPS) is 13.1. The van der Waals surface area contributed by atoms with Crippen LogP contribution in [-0.2, 0) is 5.41 Å². The molecule has 0 amide bonds. The highest BCUT2D eigenvalue weighted by Crippen LogP contribution is 2.54. The molecule has 2 nitrogen and oxygen atoms in total. The summed E-state index contributed by atoms with van der Waals surface area (Å²) in [5, 5.41) is 3.67. The SMILES string of the molecule is CC1(C)c2ccc(N(c3ccccc3)c3ccc(-c4ccccc4)cc3)cc2-c2ccc3c(ccc4nc(-c5ccccc5)sc43)c21. The number of para-hydroxylation sites is 1. The Bertz CT molecular complexity index is 2410. The Hall–Kier alpha value is -5.51. The van der Waals surface area contributed by atoms with Crippen LogP contribution in [0.5, 0.6) is 0 Å². The number of hydrogen-bond acceptors (Lipinski definition) is 3. The van der Waals surface area contributed by atoms with Crippen molar-refractivity contribution < 1.29 is 0 Å². The highest BCUT2D eigenvalue weighted by Gasteiger charge is 2.37. The van der Waals surface area contributed by atoms with E-state index in [2.05, 4.69) is 176 Å². The number of benzene rings is 7. The Morgan fingerprint density at radius 3 is 1.83 bits per heavy atom. The Labute approximate surface area is 279 Å². The molecule has 224 valence electrons. The minimum absolute atomic E-state index is 0.141. The molecule has 1 aliphatic carbocycles. The van der Waals surface area contributed by atoms with Crippen LogP contribution in [0.15, 0.2) is 158 Å². The van der Waals surface area contributed by atoms with Gasteiger partial charge in [-0.05, 0) is 81.2 Å². The maximum absolute atomic E-state index is 5.03. The van der Waals surface area contributed by atoms with Gasteiger partial charge in [-0.25, -0.2) is 4.98 Å². The van der Waals surface area contributed by atoms with E-state index in [4.69, 9.17) is 4.98 Å². The van der Waals surface area contributed by atoms with E-state index < -0.39 is 0 Å². The molecule has 0 fully saturated rings. The molecule has 0 radical (unpaired) electrons. The number of thiazole rings is 1. The predicted molar refractivity (Wildman–Crippen MR) is 200 cm³/mol. The monoisotopic (exact) mass is 620 g/mol. The van der Waals surface area contributed by atoms with Gasteiger partial charge in [-0.1, -0.05) is 129 Å². The second-order valence-electron chi connectivity index (χ2n) is 12.8. The summed E-state index contributed by atoms with van der Waals surface area (Å²) in [5.74, 6) is 0. The van der Waals surface area contributed by atoms with Gasteiger partial charge in [-0.2, -0.15) is 0 Å². The molecular formula is C44H32N2S. The molecule has 9 rings (SSSR count). The standard InChI is InChI=1S/C44H32N2S/c1-44(2)39-26-22-34(46(32-16-10-5-11-17-32)33-20-18-30(19-21-33)29-12-6-3-7-13-29)28-38(39)36-23-24-37-35(41(36)44)25-27-40-42(37)47-43(45-40)31-14-8-4-9-15-31/h3-28H,1-2H3. The third-order valence-corrected chi connectivity index (χ3v) is 10.8. The number of nitrogens with zero attached hydrogens (tertiary/aromatic N) is 2. The summed E-state index contributed by atoms with van der Waals surface area (Å²) in [5.41, 5.74) is 13.3. The van der Waals surface area contributed by atoms with Gasteiger partial charge >= 0.3 is 0 Å². The van der Waals surface area contributed by atoms with Gasteiger partial charge in [-0.3, -0.25) is 0 Å². The van der Waals surface area contributed by atoms with Crippen molar-refractivity contribution in [3.63, 3.8) is 0 Å². The largest absolute Gasteiger partial charge is 0.310 e. The van der Waals surface area contributed by atoms with Gasteiger partial charge in [0, 0.05) is 33.4 Å². The number of hydrogen-bond donors (Lipinski definition) is 0. The molecule has 1 aromatic heterocycles. The summed E-state index contributed by atoms with van der Waals surface area (Å²) in [4.78, 5) is 7.39. The van der Waals surface area contributed by atoms with Crippen molar-refractivity contribution in [1.82, 2.24) is 4.98 Å². The van der Waals surface area contributed by atoms with Crippen molar-refractivity contribution in [3.05, 3.63) is 169 Å². The Morgan fingerprint density at radius 1 is 0.511 bits per heavy atom. The molecule has 0 N–H and O–H groups in total. The van der Waals surface area contributed by atoms with E-state index >= 15 is 0 Å². The predicted octanol–water partition coefficient (Wildman–Crippen LogP) is 12.6. The van der Waals surface area contributed by atoms with Gasteiger partial charge in [0.1, 0.15) is 5.01 Å². The Morgan fingerprint density at radius 2 is 1.11 bits per heavy atom. The van der Waals surface area contributed by atoms with Crippen LogP contribution in [0.4, 0.5) is 17.1 Å². The maximum Gasteiger partial charge on any atom is 0.124 e. The molecule has 0 unspecified atom stereocenters. The lowest BCUT2D eigenvalue weighted by atomic mass is 9.80. The van der Waals surface area contributed by atoms with Crippen LogP contribution in [0.1, 0.15) is 25.0 Å². The summed E-state index contributed by atoms with van der Waals surface area (Å²) in [6.07, 6.45) is 0. The first kappa shape index (κ1) is 27.8. The smallest absolute Gasteiger partial charge is 0.124 e. The number of rotatable bonds is 5. The third kappa shape index (κ3) is 4.50. The van der Waals surface area contributed by atoms with Gasteiger partial charge in [0.05, 0.1) is 10.2 Å². The van der Waals surface area contributed by atoms with E-state index in [0.717, 1.165) is 27.6 Å². The van der Waals surface area contributed by atoms with E-state index in [1.807, 2.05) is 0 Å². The van der Waals surface area contributed by atoms with Crippen molar-refractivity contribution in [3.8, 4) is 32.8 Å². The first-order chi connectivity index (χ1) is 23.1. The van der Waals surface area contributed by atoms with Gasteiger partial charge in [0.2, 0.25) is 0 Å². The van der Waals surface area contributed by atoms with Crippen molar-refractivity contribution in [2.24, 2.45) is 0 Å². The summed E-state index contributed by atoms with van der Waals surface area (Å²) >= 11 is 1.79. The number of aromatic nitrogens is 1. The van der Waals surface area contributed by atoms with Crippen molar-refractivity contribution in [2.75, 3.05) is 4.90 Å². The van der Waals surface area contributed by atoms with Crippen LogP contribution in [0.25, 0.3) is 53.8 Å². The van der Waals surface area contributed by atoms with Crippen LogP contribution >= 0.6 is 11.3 Å². The van der Waals surface area contributed by atoms with Crippen molar-refractivity contribution in [1.29, 1.82) is 0 Å². The summed E-state index contributed by atoms with van der Waals surface area (Å²) in [6.45, 7) is 4.75. The van der Waals surface area contributed by atoms with Crippen LogP contribution in [0.2, 0.25) is 0 Å². The van der Waals surface area contributed by atoms with E-state index in [9.17, 15) is 0 Å². The highest BCUT2D eigenvalue weighted by atomic mass is 32.1. The van der Waals surface area contributed by atoms with Gasteiger partial charge in [0.25, 0.3) is 0 Å². The molecule has 0 aliphatic heterocycles. The minimum Gasteiger partial charge on any atom is -0.310 e. The zero-order chi connectivity index (χ0) is 31.5. The molecule has 3 heteroatoms. The average molecular weight is 621 g/mol. The Kier molecular flexibility index (Phi) is 6.38. The van der Waals surface area contributed by atoms with E-state index in [1.54, 1.807) is 11.3 Å². The summed E-state index contributed by atoms with van der Waals surface area (Å²) in [6, 6.07) is 56.9. The fourth-order valence-electron chi connectivity index (χ4n) is 7.42. The molecule has 0 spiro atoms. The molecule has 7 aromatic carbocycles. The number of fused-ring (bicyclic) bond motifs is 7. The molecule has 47 heavy (non-hydrogen) atoms. The number of anilines is 3. The van der Waals surface area contributed by atoms with Gasteiger partial charge in [-0.15, -0.1) is 11.3 Å². The highest BCUT2D eigenvalue weighted by molar-refractivity contribution is 7.22. The topological polar surface area (TPSA) is 16.1 Å². The second-order valence-corrected chi connectivity index (χ2v) is 13.8. The fourth-order valence-corrected chi connectivity index (χ4v) is 8.52. The fraction of sp³-hybridized carbons (Fsp3) is 0.0682. The third-order valence-electron chi connectivity index (χ3n) is 9.67. The second kappa shape index (κ2) is 10.8. The van der Waals surface area contributed by atoms with Crippen LogP contribution in [0.3, 0.4) is 0 Å². The van der Waals surface area contributed by atoms with Crippen molar-refractivity contribution in [2.45, 2.75) is 19.3 Å². The molecule has 0 saturated carbocycles. The summed E-state index contributed by atoms with van der Waals surface area (Å²) in [7, 11) is 0. The van der Waals surface area contributed by atoms with E-state index in [1.165, 1.54) is 54.4 Å². The first-order valence-corrected chi connectivity index (χ1v) is 17.0. The van der Waals surface area contributed by atoms with Crippen LogP contribution < -0.4 is 4.90 Å². The zero-order valence-electron chi connectivity index (χ0n) is 26.3. The average Bonchev–Trinajstić information content (AvgIpc) is 3.67. The quantitative estimate of drug-likeness (QED) is 0.190. The molecule has 8 aromatic rings. The molecular weight excluding hydrogens is 589 g/mol. The van der Waals surface area contributed by atoms with Crippen LogP contribution in [0, 0.1) is 0 Å². The Balaban J connectivity index is 1.18. The lowest BCUT2D eigenvalue weighted by molar-refractivity contribution is 0.666. The van der Waals surface area contributed by atoms with E-state index in [0.29, 0.717) is 0 Å². The molecule has 1 aliphatic rings. The molecule has 1 heterocycles. The lowest BCUT2D eigenvalue weighted by Gasteiger charge is -2.27. The van der Waals surface area contributed by atoms with Gasteiger partial charge in [0.15, 0.2) is 0 Å².